The minimum atomic E-state index is -0.270. The van der Waals surface area contributed by atoms with Gasteiger partial charge in [0.2, 0.25) is 0 Å². The molecule has 2 unspecified atom stereocenters. The molecule has 5 rings (SSSR count). The van der Waals surface area contributed by atoms with Gasteiger partial charge < -0.3 is 9.47 Å². The third-order valence-electron chi connectivity index (χ3n) is 5.86. The lowest BCUT2D eigenvalue weighted by atomic mass is 9.80. The highest BCUT2D eigenvalue weighted by molar-refractivity contribution is 5.42. The predicted molar refractivity (Wildman–Crippen MR) is 93.3 cm³/mol. The van der Waals surface area contributed by atoms with E-state index in [-0.39, 0.29) is 11.7 Å². The van der Waals surface area contributed by atoms with Crippen LogP contribution in [-0.2, 0) is 13.0 Å². The highest BCUT2D eigenvalue weighted by Crippen LogP contribution is 2.47. The Bertz CT molecular complexity index is 860. The molecule has 1 aliphatic heterocycles. The van der Waals surface area contributed by atoms with Gasteiger partial charge in [-0.25, -0.2) is 0 Å². The number of aromatic nitrogens is 2. The van der Waals surface area contributed by atoms with Crippen molar-refractivity contribution in [1.29, 1.82) is 0 Å². The molecule has 0 bridgehead atoms. The van der Waals surface area contributed by atoms with Crippen LogP contribution in [0.1, 0.15) is 42.7 Å². The number of fused-ring (bicyclic) bond motifs is 4. The lowest BCUT2D eigenvalue weighted by Gasteiger charge is -2.25. The van der Waals surface area contributed by atoms with Gasteiger partial charge in [0.05, 0.1) is 6.54 Å². The first-order valence-electron chi connectivity index (χ1n) is 9.26. The third kappa shape index (κ3) is 2.71. The highest BCUT2D eigenvalue weighted by Gasteiger charge is 2.34. The van der Waals surface area contributed by atoms with Gasteiger partial charge in [-0.05, 0) is 54.4 Å². The quantitative estimate of drug-likeness (QED) is 0.863. The van der Waals surface area contributed by atoms with Gasteiger partial charge in [0, 0.05) is 12.3 Å². The lowest BCUT2D eigenvalue weighted by Crippen LogP contribution is -2.23. The summed E-state index contributed by atoms with van der Waals surface area (Å²) >= 11 is 0. The summed E-state index contributed by atoms with van der Waals surface area (Å²) in [6, 6.07) is 8.43. The summed E-state index contributed by atoms with van der Waals surface area (Å²) < 4.78 is 13.5. The number of hydrogen-bond acceptors (Lipinski definition) is 4. The zero-order valence-corrected chi connectivity index (χ0v) is 14.2. The van der Waals surface area contributed by atoms with Crippen LogP contribution in [-0.4, -0.2) is 22.3 Å². The van der Waals surface area contributed by atoms with Crippen molar-refractivity contribution >= 4 is 0 Å². The van der Waals surface area contributed by atoms with E-state index in [9.17, 15) is 4.79 Å². The molecule has 0 spiro atoms. The van der Waals surface area contributed by atoms with Gasteiger partial charge in [-0.1, -0.05) is 18.9 Å². The Hall–Kier alpha value is -2.30. The first kappa shape index (κ1) is 15.0. The molecule has 0 N–H and O–H groups in total. The van der Waals surface area contributed by atoms with Crippen molar-refractivity contribution in [2.24, 2.45) is 5.92 Å². The summed E-state index contributed by atoms with van der Waals surface area (Å²) in [5.41, 5.74) is 2.74. The molecule has 5 nitrogen and oxygen atoms in total. The van der Waals surface area contributed by atoms with Crippen LogP contribution >= 0.6 is 0 Å². The van der Waals surface area contributed by atoms with E-state index in [4.69, 9.17) is 9.47 Å². The number of ether oxygens (including phenoxy) is 2. The fourth-order valence-electron chi connectivity index (χ4n) is 4.68. The minimum Gasteiger partial charge on any atom is -0.490 e. The molecule has 0 radical (unpaired) electrons. The monoisotopic (exact) mass is 338 g/mol. The second kappa shape index (κ2) is 5.90. The van der Waals surface area contributed by atoms with Gasteiger partial charge in [0.1, 0.15) is 12.4 Å². The Morgan fingerprint density at radius 1 is 1.24 bits per heavy atom. The SMILES string of the molecule is O=c1ccn2c(n1)O[C@H](COc1ccc3c(c1)CC1CCCCC31)C2. The van der Waals surface area contributed by atoms with Crippen LogP contribution < -0.4 is 15.0 Å². The van der Waals surface area contributed by atoms with Crippen molar-refractivity contribution in [3.05, 3.63) is 51.9 Å². The molecule has 130 valence electrons. The topological polar surface area (TPSA) is 53.4 Å². The summed E-state index contributed by atoms with van der Waals surface area (Å²) in [5, 5.41) is 0. The minimum absolute atomic E-state index is 0.106. The molecule has 3 atom stereocenters. The van der Waals surface area contributed by atoms with Crippen LogP contribution in [0.3, 0.4) is 0 Å². The molecular weight excluding hydrogens is 316 g/mol. The summed E-state index contributed by atoms with van der Waals surface area (Å²) in [4.78, 5) is 15.2. The largest absolute Gasteiger partial charge is 0.490 e. The van der Waals surface area contributed by atoms with E-state index < -0.39 is 0 Å². The van der Waals surface area contributed by atoms with E-state index in [1.807, 2.05) is 4.57 Å². The molecular formula is C20H22N2O3. The average molecular weight is 338 g/mol. The summed E-state index contributed by atoms with van der Waals surface area (Å²) in [6.45, 7) is 1.13. The van der Waals surface area contributed by atoms with Crippen LogP contribution in [0.5, 0.6) is 11.8 Å². The number of nitrogens with zero attached hydrogens (tertiary/aromatic N) is 2. The Morgan fingerprint density at radius 2 is 2.16 bits per heavy atom. The Morgan fingerprint density at radius 3 is 3.12 bits per heavy atom. The average Bonchev–Trinajstić information content (AvgIpc) is 3.19. The third-order valence-corrected chi connectivity index (χ3v) is 5.86. The molecule has 2 aromatic rings. The van der Waals surface area contributed by atoms with Gasteiger partial charge in [0.25, 0.3) is 11.6 Å². The summed E-state index contributed by atoms with van der Waals surface area (Å²) in [5.74, 6) is 2.53. The van der Waals surface area contributed by atoms with E-state index in [1.54, 1.807) is 11.8 Å². The van der Waals surface area contributed by atoms with Crippen molar-refractivity contribution in [2.45, 2.75) is 50.7 Å². The van der Waals surface area contributed by atoms with Crippen LogP contribution in [0.2, 0.25) is 0 Å². The molecule has 1 fully saturated rings. The van der Waals surface area contributed by atoms with Crippen LogP contribution in [0.15, 0.2) is 35.3 Å². The highest BCUT2D eigenvalue weighted by atomic mass is 16.6. The molecule has 1 aromatic heterocycles. The molecule has 1 saturated carbocycles. The van der Waals surface area contributed by atoms with Gasteiger partial charge in [-0.15, -0.1) is 0 Å². The van der Waals surface area contributed by atoms with Crippen molar-refractivity contribution < 1.29 is 9.47 Å². The van der Waals surface area contributed by atoms with Crippen molar-refractivity contribution in [2.75, 3.05) is 6.61 Å². The first-order chi connectivity index (χ1) is 12.3. The smallest absolute Gasteiger partial charge is 0.300 e. The summed E-state index contributed by atoms with van der Waals surface area (Å²) in [7, 11) is 0. The zero-order valence-electron chi connectivity index (χ0n) is 14.2. The molecule has 2 heterocycles. The maximum absolute atomic E-state index is 11.3. The van der Waals surface area contributed by atoms with Gasteiger partial charge in [0.15, 0.2) is 6.10 Å². The van der Waals surface area contributed by atoms with Crippen molar-refractivity contribution in [3.8, 4) is 11.8 Å². The Balaban J connectivity index is 1.25. The second-order valence-corrected chi connectivity index (χ2v) is 7.47. The van der Waals surface area contributed by atoms with Gasteiger partial charge in [-0.2, -0.15) is 4.98 Å². The van der Waals surface area contributed by atoms with Crippen LogP contribution in [0, 0.1) is 5.92 Å². The fourth-order valence-corrected chi connectivity index (χ4v) is 4.68. The maximum atomic E-state index is 11.3. The van der Waals surface area contributed by atoms with E-state index >= 15 is 0 Å². The maximum Gasteiger partial charge on any atom is 0.300 e. The van der Waals surface area contributed by atoms with Gasteiger partial charge >= 0.3 is 0 Å². The second-order valence-electron chi connectivity index (χ2n) is 7.47. The fraction of sp³-hybridized carbons (Fsp3) is 0.500. The molecule has 5 heteroatoms. The molecule has 0 saturated heterocycles. The molecule has 1 aromatic carbocycles. The van der Waals surface area contributed by atoms with E-state index in [0.717, 1.165) is 17.6 Å². The van der Waals surface area contributed by atoms with E-state index in [2.05, 4.69) is 23.2 Å². The normalized spacial score (nSPS) is 26.5. The van der Waals surface area contributed by atoms with Crippen molar-refractivity contribution in [3.63, 3.8) is 0 Å². The van der Waals surface area contributed by atoms with Gasteiger partial charge in [-0.3, -0.25) is 9.36 Å². The molecule has 0 amide bonds. The van der Waals surface area contributed by atoms with Crippen LogP contribution in [0.4, 0.5) is 0 Å². The number of rotatable bonds is 3. The Labute approximate surface area is 146 Å². The molecule has 25 heavy (non-hydrogen) atoms. The first-order valence-corrected chi connectivity index (χ1v) is 9.26. The molecule has 2 aliphatic carbocycles. The standard InChI is InChI=1S/C20H22N2O3/c23-19-7-8-22-11-16(25-20(22)21-19)12-24-15-5-6-18-14(10-15)9-13-3-1-2-4-17(13)18/h5-8,10,13,16-17H,1-4,9,11-12H2/t13?,16-,17?/m0/s1. The molecule has 3 aliphatic rings. The van der Waals surface area contributed by atoms with Crippen LogP contribution in [0.25, 0.3) is 0 Å². The summed E-state index contributed by atoms with van der Waals surface area (Å²) in [6.07, 6.45) is 8.29. The number of hydrogen-bond donors (Lipinski definition) is 0. The van der Waals surface area contributed by atoms with E-state index in [0.29, 0.717) is 19.2 Å². The number of benzene rings is 1. The van der Waals surface area contributed by atoms with E-state index in [1.165, 1.54) is 43.7 Å². The Kier molecular flexibility index (Phi) is 3.54. The zero-order chi connectivity index (χ0) is 16.8. The predicted octanol–water partition coefficient (Wildman–Crippen LogP) is 2.91. The lowest BCUT2D eigenvalue weighted by molar-refractivity contribution is 0.143. The van der Waals surface area contributed by atoms with Crippen molar-refractivity contribution in [1.82, 2.24) is 9.55 Å².